The number of carboxylic acids is 1. The molecule has 0 spiro atoms. The van der Waals surface area contributed by atoms with Crippen LogP contribution in [0.2, 0.25) is 5.02 Å². The van der Waals surface area contributed by atoms with Crippen molar-refractivity contribution in [2.45, 2.75) is 37.9 Å². The summed E-state index contributed by atoms with van der Waals surface area (Å²) in [4.78, 5) is 22.9. The number of benzene rings is 1. The van der Waals surface area contributed by atoms with Crippen LogP contribution in [-0.2, 0) is 11.3 Å². The molecule has 0 unspecified atom stereocenters. The molecule has 7 heteroatoms. The molecule has 0 bridgehead atoms. The molecule has 0 aromatic heterocycles. The Morgan fingerprint density at radius 2 is 2.09 bits per heavy atom. The van der Waals surface area contributed by atoms with E-state index >= 15 is 0 Å². The topological polar surface area (TPSA) is 91.1 Å². The van der Waals surface area contributed by atoms with Crippen LogP contribution in [-0.4, -0.2) is 22.6 Å². The molecule has 0 atom stereocenters. The maximum atomic E-state index is 11.9. The van der Waals surface area contributed by atoms with E-state index in [0.29, 0.717) is 24.8 Å². The fourth-order valence-corrected chi connectivity index (χ4v) is 2.32. The van der Waals surface area contributed by atoms with Crippen molar-refractivity contribution in [3.05, 3.63) is 34.3 Å². The molecule has 0 fully saturated rings. The van der Waals surface area contributed by atoms with Crippen molar-refractivity contribution in [1.82, 2.24) is 5.32 Å². The van der Waals surface area contributed by atoms with Crippen molar-refractivity contribution in [1.29, 1.82) is 0 Å². The minimum Gasteiger partial charge on any atom is -0.478 e. The first-order valence-electron chi connectivity index (χ1n) is 7.12. The van der Waals surface area contributed by atoms with Gasteiger partial charge in [-0.2, -0.15) is 10.2 Å². The third-order valence-corrected chi connectivity index (χ3v) is 3.89. The predicted molar refractivity (Wildman–Crippen MR) is 85.1 cm³/mol. The van der Waals surface area contributed by atoms with E-state index < -0.39 is 11.6 Å². The molecule has 6 nitrogen and oxygen atoms in total. The van der Waals surface area contributed by atoms with Gasteiger partial charge in [0.15, 0.2) is 5.66 Å². The summed E-state index contributed by atoms with van der Waals surface area (Å²) in [7, 11) is 0. The first kappa shape index (κ1) is 17.0. The van der Waals surface area contributed by atoms with E-state index in [2.05, 4.69) is 21.5 Å². The summed E-state index contributed by atoms with van der Waals surface area (Å²) >= 11 is 5.80. The van der Waals surface area contributed by atoms with E-state index in [4.69, 9.17) is 23.1 Å². The molecule has 0 aliphatic carbocycles. The van der Waals surface area contributed by atoms with Crippen molar-refractivity contribution < 1.29 is 14.7 Å². The van der Waals surface area contributed by atoms with Gasteiger partial charge in [0, 0.05) is 32.2 Å². The number of terminal acetylenes is 1. The van der Waals surface area contributed by atoms with E-state index in [9.17, 15) is 9.59 Å². The average molecular weight is 334 g/mol. The minimum atomic E-state index is -1.10. The molecule has 1 aliphatic rings. The Morgan fingerprint density at radius 1 is 1.35 bits per heavy atom. The monoisotopic (exact) mass is 333 g/mol. The Bertz CT molecular complexity index is 688. The zero-order chi connectivity index (χ0) is 16.9. The van der Waals surface area contributed by atoms with Crippen LogP contribution < -0.4 is 5.32 Å². The lowest BCUT2D eigenvalue weighted by Gasteiger charge is -2.10. The third kappa shape index (κ3) is 4.80. The summed E-state index contributed by atoms with van der Waals surface area (Å²) < 4.78 is 0. The standard InChI is InChI=1S/C16H16ClN3O3/c1-2-3-7-16(19-20-16)8-6-14(21)18-10-11-4-5-13(17)12(9-11)15(22)23/h1,4-5,9H,3,6-8,10H2,(H,18,21)(H,22,23). The summed E-state index contributed by atoms with van der Waals surface area (Å²) in [5.41, 5.74) is 0.214. The summed E-state index contributed by atoms with van der Waals surface area (Å²) in [6, 6.07) is 4.63. The van der Waals surface area contributed by atoms with E-state index in [1.54, 1.807) is 6.07 Å². The Morgan fingerprint density at radius 3 is 2.70 bits per heavy atom. The normalized spacial score (nSPS) is 14.1. The van der Waals surface area contributed by atoms with Crippen LogP contribution in [0.5, 0.6) is 0 Å². The predicted octanol–water partition coefficient (Wildman–Crippen LogP) is 3.01. The Hall–Kier alpha value is -2.39. The highest BCUT2D eigenvalue weighted by atomic mass is 35.5. The maximum absolute atomic E-state index is 11.9. The lowest BCUT2D eigenvalue weighted by atomic mass is 10.0. The molecule has 0 saturated heterocycles. The molecule has 1 aromatic rings. The van der Waals surface area contributed by atoms with Crippen LogP contribution >= 0.6 is 11.6 Å². The van der Waals surface area contributed by atoms with Gasteiger partial charge in [-0.05, 0) is 17.7 Å². The quantitative estimate of drug-likeness (QED) is 0.716. The number of aromatic carboxylic acids is 1. The Labute approximate surface area is 138 Å². The summed E-state index contributed by atoms with van der Waals surface area (Å²) in [5, 5.41) is 19.9. The number of halogens is 1. The van der Waals surface area contributed by atoms with Crippen molar-refractivity contribution in [2.24, 2.45) is 10.2 Å². The van der Waals surface area contributed by atoms with Gasteiger partial charge in [-0.3, -0.25) is 4.79 Å². The lowest BCUT2D eigenvalue weighted by molar-refractivity contribution is -0.121. The van der Waals surface area contributed by atoms with Crippen LogP contribution in [0.4, 0.5) is 0 Å². The van der Waals surface area contributed by atoms with Gasteiger partial charge >= 0.3 is 5.97 Å². The maximum Gasteiger partial charge on any atom is 0.337 e. The van der Waals surface area contributed by atoms with Crippen LogP contribution in [0.25, 0.3) is 0 Å². The van der Waals surface area contributed by atoms with Gasteiger partial charge in [-0.25, -0.2) is 4.79 Å². The van der Waals surface area contributed by atoms with Crippen molar-refractivity contribution in [2.75, 3.05) is 0 Å². The Kier molecular flexibility index (Phi) is 5.35. The molecule has 2 N–H and O–H groups in total. The SMILES string of the molecule is C#CCCC1(CCC(=O)NCc2ccc(Cl)c(C(=O)O)c2)N=N1. The van der Waals surface area contributed by atoms with Crippen LogP contribution in [0.15, 0.2) is 28.4 Å². The van der Waals surface area contributed by atoms with Gasteiger partial charge in [0.25, 0.3) is 0 Å². The molecule has 1 heterocycles. The molecule has 0 radical (unpaired) electrons. The van der Waals surface area contributed by atoms with Crippen molar-refractivity contribution in [3.8, 4) is 12.3 Å². The Balaban J connectivity index is 1.80. The molecule has 2 rings (SSSR count). The van der Waals surface area contributed by atoms with Gasteiger partial charge < -0.3 is 10.4 Å². The molecular formula is C16H16ClN3O3. The zero-order valence-corrected chi connectivity index (χ0v) is 13.1. The number of carbonyl (C=O) groups excluding carboxylic acids is 1. The van der Waals surface area contributed by atoms with Gasteiger partial charge in [-0.15, -0.1) is 12.3 Å². The van der Waals surface area contributed by atoms with Gasteiger partial charge in [-0.1, -0.05) is 17.7 Å². The van der Waals surface area contributed by atoms with Crippen LogP contribution in [0.1, 0.15) is 41.6 Å². The molecule has 120 valence electrons. The molecule has 1 amide bonds. The van der Waals surface area contributed by atoms with Gasteiger partial charge in [0.05, 0.1) is 10.6 Å². The largest absolute Gasteiger partial charge is 0.478 e. The summed E-state index contributed by atoms with van der Waals surface area (Å²) in [6.07, 6.45) is 7.27. The lowest BCUT2D eigenvalue weighted by Crippen LogP contribution is -2.25. The minimum absolute atomic E-state index is 0.0160. The number of amides is 1. The highest BCUT2D eigenvalue weighted by Gasteiger charge is 2.39. The highest BCUT2D eigenvalue weighted by Crippen LogP contribution is 2.37. The number of rotatable bonds is 8. The second-order valence-corrected chi connectivity index (χ2v) is 5.69. The van der Waals surface area contributed by atoms with Crippen LogP contribution in [0, 0.1) is 12.3 Å². The number of carboxylic acid groups (broad SMARTS) is 1. The summed E-state index contributed by atoms with van der Waals surface area (Å²) in [6.45, 7) is 0.238. The number of carbonyl (C=O) groups is 2. The van der Waals surface area contributed by atoms with E-state index in [-0.39, 0.29) is 29.5 Å². The fraction of sp³-hybridized carbons (Fsp3) is 0.375. The molecule has 1 aromatic carbocycles. The molecule has 0 saturated carbocycles. The number of nitrogens with zero attached hydrogens (tertiary/aromatic N) is 2. The second-order valence-electron chi connectivity index (χ2n) is 5.28. The van der Waals surface area contributed by atoms with Crippen molar-refractivity contribution >= 4 is 23.5 Å². The first-order chi connectivity index (χ1) is 11.0. The molecule has 1 aliphatic heterocycles. The van der Waals surface area contributed by atoms with Crippen molar-refractivity contribution in [3.63, 3.8) is 0 Å². The van der Waals surface area contributed by atoms with Crippen LogP contribution in [0.3, 0.4) is 0 Å². The average Bonchev–Trinajstić information content (AvgIpc) is 3.30. The molecular weight excluding hydrogens is 318 g/mol. The second kappa shape index (κ2) is 7.25. The zero-order valence-electron chi connectivity index (χ0n) is 12.4. The van der Waals surface area contributed by atoms with E-state index in [1.807, 2.05) is 0 Å². The fourth-order valence-electron chi connectivity index (χ4n) is 2.12. The third-order valence-electron chi connectivity index (χ3n) is 3.56. The summed E-state index contributed by atoms with van der Waals surface area (Å²) in [5.74, 6) is 1.29. The van der Waals surface area contributed by atoms with Gasteiger partial charge in [0.1, 0.15) is 0 Å². The molecule has 23 heavy (non-hydrogen) atoms. The highest BCUT2D eigenvalue weighted by molar-refractivity contribution is 6.33. The number of hydrogen-bond donors (Lipinski definition) is 2. The number of hydrogen-bond acceptors (Lipinski definition) is 4. The van der Waals surface area contributed by atoms with E-state index in [0.717, 1.165) is 0 Å². The van der Waals surface area contributed by atoms with E-state index in [1.165, 1.54) is 12.1 Å². The smallest absolute Gasteiger partial charge is 0.337 e. The number of nitrogens with one attached hydrogen (secondary N) is 1. The van der Waals surface area contributed by atoms with Gasteiger partial charge in [0.2, 0.25) is 5.91 Å². The first-order valence-corrected chi connectivity index (χ1v) is 7.49.